The van der Waals surface area contributed by atoms with Gasteiger partial charge >= 0.3 is 0 Å². The van der Waals surface area contributed by atoms with Crippen LogP contribution >= 0.6 is 11.6 Å². The average Bonchev–Trinajstić information content (AvgIpc) is 2.27. The third-order valence-corrected chi connectivity index (χ3v) is 2.69. The van der Waals surface area contributed by atoms with Crippen molar-refractivity contribution in [2.75, 3.05) is 5.88 Å². The number of aromatic nitrogens is 1. The van der Waals surface area contributed by atoms with E-state index in [0.29, 0.717) is 17.4 Å². The number of hydrogen-bond donors (Lipinski definition) is 2. The van der Waals surface area contributed by atoms with Crippen LogP contribution < -0.4 is 10.9 Å². The fraction of sp³-hybridized carbons (Fsp3) is 0.500. The molecular formula is C12H17ClN2O2. The van der Waals surface area contributed by atoms with Crippen LogP contribution in [0.25, 0.3) is 0 Å². The fourth-order valence-corrected chi connectivity index (χ4v) is 1.79. The molecule has 0 saturated heterocycles. The molecule has 1 amide bonds. The lowest BCUT2D eigenvalue weighted by Gasteiger charge is -2.17. The zero-order chi connectivity index (χ0) is 12.8. The van der Waals surface area contributed by atoms with E-state index in [4.69, 9.17) is 11.6 Å². The number of pyridine rings is 1. The number of alkyl halides is 1. The smallest absolute Gasteiger partial charge is 0.251 e. The van der Waals surface area contributed by atoms with Gasteiger partial charge in [0.05, 0.1) is 0 Å². The van der Waals surface area contributed by atoms with Crippen molar-refractivity contribution in [1.82, 2.24) is 10.3 Å². The number of halogens is 1. The van der Waals surface area contributed by atoms with E-state index in [2.05, 4.69) is 24.1 Å². The minimum Gasteiger partial charge on any atom is -0.348 e. The Morgan fingerprint density at radius 1 is 1.53 bits per heavy atom. The summed E-state index contributed by atoms with van der Waals surface area (Å²) in [7, 11) is 0. The molecule has 2 N–H and O–H groups in total. The Labute approximate surface area is 105 Å². The number of amides is 1. The van der Waals surface area contributed by atoms with Crippen LogP contribution in [0.4, 0.5) is 0 Å². The molecule has 0 aliphatic heterocycles. The SMILES string of the molecule is CC(C)CC(CCl)NC(=O)c1cc[nH]c(=O)c1. The molecule has 94 valence electrons. The fourth-order valence-electron chi connectivity index (χ4n) is 1.58. The summed E-state index contributed by atoms with van der Waals surface area (Å²) in [6.07, 6.45) is 2.27. The first-order valence-corrected chi connectivity index (χ1v) is 6.12. The van der Waals surface area contributed by atoms with Gasteiger partial charge in [-0.1, -0.05) is 13.8 Å². The highest BCUT2D eigenvalue weighted by Gasteiger charge is 2.14. The van der Waals surface area contributed by atoms with Gasteiger partial charge in [-0.3, -0.25) is 9.59 Å². The van der Waals surface area contributed by atoms with Gasteiger partial charge in [-0.15, -0.1) is 11.6 Å². The van der Waals surface area contributed by atoms with Crippen molar-refractivity contribution in [1.29, 1.82) is 0 Å². The molecule has 0 saturated carbocycles. The second kappa shape index (κ2) is 6.45. The number of H-pyrrole nitrogens is 1. The average molecular weight is 257 g/mol. The summed E-state index contributed by atoms with van der Waals surface area (Å²) in [6, 6.07) is 2.77. The van der Waals surface area contributed by atoms with Crippen molar-refractivity contribution < 1.29 is 4.79 Å². The van der Waals surface area contributed by atoms with E-state index in [0.717, 1.165) is 6.42 Å². The van der Waals surface area contributed by atoms with Crippen molar-refractivity contribution in [3.63, 3.8) is 0 Å². The zero-order valence-corrected chi connectivity index (χ0v) is 10.8. The van der Waals surface area contributed by atoms with Crippen molar-refractivity contribution in [2.24, 2.45) is 5.92 Å². The number of carbonyl (C=O) groups is 1. The summed E-state index contributed by atoms with van der Waals surface area (Å²) >= 11 is 5.79. The molecule has 1 unspecified atom stereocenters. The zero-order valence-electron chi connectivity index (χ0n) is 10.00. The van der Waals surface area contributed by atoms with Crippen LogP contribution in [0.3, 0.4) is 0 Å². The number of hydrogen-bond acceptors (Lipinski definition) is 2. The molecule has 0 bridgehead atoms. The van der Waals surface area contributed by atoms with Crippen LogP contribution in [0, 0.1) is 5.92 Å². The van der Waals surface area contributed by atoms with Crippen LogP contribution in [-0.4, -0.2) is 22.8 Å². The van der Waals surface area contributed by atoms with Crippen molar-refractivity contribution in [2.45, 2.75) is 26.3 Å². The molecule has 1 heterocycles. The summed E-state index contributed by atoms with van der Waals surface area (Å²) in [5, 5.41) is 2.82. The molecule has 1 rings (SSSR count). The molecule has 5 heteroatoms. The molecule has 17 heavy (non-hydrogen) atoms. The molecule has 0 aromatic carbocycles. The maximum atomic E-state index is 11.8. The summed E-state index contributed by atoms with van der Waals surface area (Å²) in [5.74, 6) is 0.563. The van der Waals surface area contributed by atoms with Gasteiger partial charge in [0.15, 0.2) is 0 Å². The monoisotopic (exact) mass is 256 g/mol. The molecule has 1 atom stereocenters. The van der Waals surface area contributed by atoms with Crippen molar-refractivity contribution in [3.8, 4) is 0 Å². The summed E-state index contributed by atoms with van der Waals surface area (Å²) in [5.41, 5.74) is 0.0663. The standard InChI is InChI=1S/C12H17ClN2O2/c1-8(2)5-10(7-13)15-12(17)9-3-4-14-11(16)6-9/h3-4,6,8,10H,5,7H2,1-2H3,(H,14,16)(H,15,17). The highest BCUT2D eigenvalue weighted by atomic mass is 35.5. The first-order valence-electron chi connectivity index (χ1n) is 5.58. The molecule has 0 aliphatic carbocycles. The predicted molar refractivity (Wildman–Crippen MR) is 68.5 cm³/mol. The summed E-state index contributed by atoms with van der Waals surface area (Å²) in [6.45, 7) is 4.14. The minimum atomic E-state index is -0.288. The lowest BCUT2D eigenvalue weighted by molar-refractivity contribution is 0.0936. The Kier molecular flexibility index (Phi) is 5.22. The van der Waals surface area contributed by atoms with Gasteiger partial charge in [0, 0.05) is 29.7 Å². The first-order chi connectivity index (χ1) is 8.02. The van der Waals surface area contributed by atoms with Gasteiger partial charge in [0.25, 0.3) is 5.91 Å². The molecular weight excluding hydrogens is 240 g/mol. The number of nitrogens with one attached hydrogen (secondary N) is 2. The lowest BCUT2D eigenvalue weighted by Crippen LogP contribution is -2.37. The maximum Gasteiger partial charge on any atom is 0.251 e. The van der Waals surface area contributed by atoms with Crippen LogP contribution in [0.15, 0.2) is 23.1 Å². The van der Waals surface area contributed by atoms with E-state index in [1.165, 1.54) is 12.3 Å². The van der Waals surface area contributed by atoms with E-state index in [-0.39, 0.29) is 17.5 Å². The van der Waals surface area contributed by atoms with Gasteiger partial charge in [0.2, 0.25) is 5.56 Å². The lowest BCUT2D eigenvalue weighted by atomic mass is 10.0. The molecule has 4 nitrogen and oxygen atoms in total. The second-order valence-corrected chi connectivity index (χ2v) is 4.70. The quantitative estimate of drug-likeness (QED) is 0.789. The van der Waals surface area contributed by atoms with Crippen LogP contribution in [-0.2, 0) is 0 Å². The van der Waals surface area contributed by atoms with Gasteiger partial charge in [0.1, 0.15) is 0 Å². The molecule has 1 aromatic heterocycles. The van der Waals surface area contributed by atoms with Gasteiger partial charge < -0.3 is 10.3 Å². The minimum absolute atomic E-state index is 0.0662. The first kappa shape index (κ1) is 13.8. The van der Waals surface area contributed by atoms with Gasteiger partial charge in [-0.05, 0) is 18.4 Å². The maximum absolute atomic E-state index is 11.8. The van der Waals surface area contributed by atoms with Gasteiger partial charge in [-0.25, -0.2) is 0 Å². The van der Waals surface area contributed by atoms with Crippen molar-refractivity contribution in [3.05, 3.63) is 34.2 Å². The van der Waals surface area contributed by atoms with Gasteiger partial charge in [-0.2, -0.15) is 0 Å². The highest BCUT2D eigenvalue weighted by Crippen LogP contribution is 2.07. The summed E-state index contributed by atoms with van der Waals surface area (Å²) in [4.78, 5) is 25.4. The van der Waals surface area contributed by atoms with Crippen LogP contribution in [0.5, 0.6) is 0 Å². The third kappa shape index (κ3) is 4.61. The van der Waals surface area contributed by atoms with E-state index in [1.807, 2.05) is 0 Å². The van der Waals surface area contributed by atoms with Crippen LogP contribution in [0.1, 0.15) is 30.6 Å². The highest BCUT2D eigenvalue weighted by molar-refractivity contribution is 6.18. The molecule has 0 spiro atoms. The number of aromatic amines is 1. The molecule has 0 aliphatic rings. The molecule has 0 fully saturated rings. The Morgan fingerprint density at radius 2 is 2.24 bits per heavy atom. The largest absolute Gasteiger partial charge is 0.348 e. The molecule has 1 aromatic rings. The Hall–Kier alpha value is -1.29. The number of carbonyl (C=O) groups excluding carboxylic acids is 1. The number of rotatable bonds is 5. The Bertz CT molecular complexity index is 429. The van der Waals surface area contributed by atoms with E-state index in [1.54, 1.807) is 6.07 Å². The van der Waals surface area contributed by atoms with E-state index in [9.17, 15) is 9.59 Å². The van der Waals surface area contributed by atoms with Crippen molar-refractivity contribution >= 4 is 17.5 Å². The summed E-state index contributed by atoms with van der Waals surface area (Å²) < 4.78 is 0. The normalized spacial score (nSPS) is 12.5. The molecule has 0 radical (unpaired) electrons. The Morgan fingerprint density at radius 3 is 2.76 bits per heavy atom. The topological polar surface area (TPSA) is 62.0 Å². The van der Waals surface area contributed by atoms with Crippen LogP contribution in [0.2, 0.25) is 0 Å². The predicted octanol–water partition coefficient (Wildman–Crippen LogP) is 1.76. The Balaban J connectivity index is 2.67. The second-order valence-electron chi connectivity index (χ2n) is 4.40. The van der Waals surface area contributed by atoms with E-state index >= 15 is 0 Å². The van der Waals surface area contributed by atoms with E-state index < -0.39 is 0 Å². The third-order valence-electron chi connectivity index (χ3n) is 2.31.